The first-order valence-electron chi connectivity index (χ1n) is 8.44. The number of hydrogen-bond donors (Lipinski definition) is 2. The van der Waals surface area contributed by atoms with Gasteiger partial charge < -0.3 is 10.1 Å². The van der Waals surface area contributed by atoms with Crippen LogP contribution in [0.5, 0.6) is 0 Å². The first-order chi connectivity index (χ1) is 12.6. The van der Waals surface area contributed by atoms with Crippen molar-refractivity contribution in [2.45, 2.75) is 18.9 Å². The number of carbonyl (C=O) groups excluding carboxylic acids is 1. The molecule has 0 atom stereocenters. The number of fused-ring (bicyclic) bond motifs is 1. The lowest BCUT2D eigenvalue weighted by molar-refractivity contribution is 0.0695. The molecule has 1 aliphatic heterocycles. The Balaban J connectivity index is 1.68. The molecule has 1 saturated heterocycles. The number of carbonyl (C=O) groups is 1. The molecule has 7 heteroatoms. The number of rotatable bonds is 3. The Hall–Kier alpha value is -2.80. The summed E-state index contributed by atoms with van der Waals surface area (Å²) in [5, 5.41) is 10.4. The van der Waals surface area contributed by atoms with E-state index in [1.807, 2.05) is 0 Å². The fourth-order valence-corrected chi connectivity index (χ4v) is 3.18. The maximum Gasteiger partial charge on any atom is 0.272 e. The smallest absolute Gasteiger partial charge is 0.272 e. The molecule has 1 aromatic heterocycles. The highest BCUT2D eigenvalue weighted by Crippen LogP contribution is 2.28. The number of H-pyrrole nitrogens is 1. The number of ether oxygens (including phenoxy) is 1. The number of hydrogen-bond acceptors (Lipinski definition) is 3. The van der Waals surface area contributed by atoms with Crippen molar-refractivity contribution in [2.24, 2.45) is 0 Å². The molecule has 0 radical (unpaired) electrons. The maximum atomic E-state index is 14.1. The Morgan fingerprint density at radius 1 is 1.19 bits per heavy atom. The van der Waals surface area contributed by atoms with Crippen LogP contribution in [0.2, 0.25) is 0 Å². The van der Waals surface area contributed by atoms with Crippen LogP contribution in [0.25, 0.3) is 22.0 Å². The van der Waals surface area contributed by atoms with Crippen LogP contribution in [0.3, 0.4) is 0 Å². The van der Waals surface area contributed by atoms with E-state index in [-0.39, 0.29) is 23.2 Å². The fraction of sp³-hybridized carbons (Fsp3) is 0.263. The summed E-state index contributed by atoms with van der Waals surface area (Å²) in [5.41, 5.74) is 1.52. The average Bonchev–Trinajstić information content (AvgIpc) is 3.08. The third-order valence-electron chi connectivity index (χ3n) is 4.60. The molecule has 1 amide bonds. The van der Waals surface area contributed by atoms with E-state index < -0.39 is 11.6 Å². The highest BCUT2D eigenvalue weighted by atomic mass is 19.2. The molecule has 2 heterocycles. The molecule has 0 spiro atoms. The van der Waals surface area contributed by atoms with Crippen molar-refractivity contribution in [2.75, 3.05) is 13.2 Å². The minimum Gasteiger partial charge on any atom is -0.381 e. The van der Waals surface area contributed by atoms with Crippen molar-refractivity contribution in [1.29, 1.82) is 0 Å². The first kappa shape index (κ1) is 16.7. The highest BCUT2D eigenvalue weighted by Gasteiger charge is 2.21. The van der Waals surface area contributed by atoms with Crippen molar-refractivity contribution < 1.29 is 18.3 Å². The Morgan fingerprint density at radius 2 is 2.00 bits per heavy atom. The van der Waals surface area contributed by atoms with E-state index in [2.05, 4.69) is 15.5 Å². The summed E-state index contributed by atoms with van der Waals surface area (Å²) in [4.78, 5) is 12.6. The topological polar surface area (TPSA) is 67.0 Å². The Morgan fingerprint density at radius 3 is 2.81 bits per heavy atom. The Kier molecular flexibility index (Phi) is 4.38. The minimum atomic E-state index is -0.913. The number of nitrogens with zero attached hydrogens (tertiary/aromatic N) is 1. The van der Waals surface area contributed by atoms with Gasteiger partial charge in [0.1, 0.15) is 0 Å². The van der Waals surface area contributed by atoms with Gasteiger partial charge in [-0.15, -0.1) is 0 Å². The number of nitrogens with one attached hydrogen (secondary N) is 2. The molecule has 0 unspecified atom stereocenters. The van der Waals surface area contributed by atoms with Gasteiger partial charge in [-0.05, 0) is 36.6 Å². The van der Waals surface area contributed by atoms with Crippen LogP contribution in [0, 0.1) is 11.6 Å². The molecule has 2 aromatic carbocycles. The maximum absolute atomic E-state index is 14.1. The van der Waals surface area contributed by atoms with Gasteiger partial charge in [-0.2, -0.15) is 5.10 Å². The lowest BCUT2D eigenvalue weighted by Crippen LogP contribution is -2.39. The van der Waals surface area contributed by atoms with Crippen molar-refractivity contribution >= 4 is 16.8 Å². The molecular weight excluding hydrogens is 340 g/mol. The van der Waals surface area contributed by atoms with E-state index in [1.165, 1.54) is 12.1 Å². The number of aromatic amines is 1. The van der Waals surface area contributed by atoms with Crippen LogP contribution in [0.1, 0.15) is 23.3 Å². The summed E-state index contributed by atoms with van der Waals surface area (Å²) < 4.78 is 32.9. The van der Waals surface area contributed by atoms with Crippen LogP contribution in [-0.2, 0) is 4.74 Å². The van der Waals surface area contributed by atoms with Gasteiger partial charge in [0.25, 0.3) is 5.91 Å². The summed E-state index contributed by atoms with van der Waals surface area (Å²) in [6.45, 7) is 1.24. The van der Waals surface area contributed by atoms with E-state index in [0.717, 1.165) is 18.9 Å². The van der Waals surface area contributed by atoms with Crippen molar-refractivity contribution in [3.05, 3.63) is 53.7 Å². The molecule has 1 fully saturated rings. The molecule has 2 N–H and O–H groups in total. The molecule has 134 valence electrons. The highest BCUT2D eigenvalue weighted by molar-refractivity contribution is 6.05. The average molecular weight is 357 g/mol. The predicted octanol–water partition coefficient (Wildman–Crippen LogP) is 3.42. The number of aromatic nitrogens is 2. The van der Waals surface area contributed by atoms with E-state index in [9.17, 15) is 13.6 Å². The number of benzene rings is 2. The molecule has 0 aliphatic carbocycles. The summed E-state index contributed by atoms with van der Waals surface area (Å²) in [6, 6.07) is 9.09. The van der Waals surface area contributed by atoms with Crippen molar-refractivity contribution in [1.82, 2.24) is 15.5 Å². The van der Waals surface area contributed by atoms with E-state index >= 15 is 0 Å². The Labute approximate surface area is 148 Å². The van der Waals surface area contributed by atoms with Crippen LogP contribution < -0.4 is 5.32 Å². The van der Waals surface area contributed by atoms with Gasteiger partial charge in [0, 0.05) is 30.2 Å². The van der Waals surface area contributed by atoms with Crippen molar-refractivity contribution in [3.63, 3.8) is 0 Å². The third kappa shape index (κ3) is 3.06. The largest absolute Gasteiger partial charge is 0.381 e. The van der Waals surface area contributed by atoms with Crippen LogP contribution in [0.4, 0.5) is 8.78 Å². The van der Waals surface area contributed by atoms with E-state index in [4.69, 9.17) is 4.74 Å². The van der Waals surface area contributed by atoms with Crippen LogP contribution >= 0.6 is 0 Å². The van der Waals surface area contributed by atoms with Gasteiger partial charge in [0.2, 0.25) is 0 Å². The van der Waals surface area contributed by atoms with Crippen LogP contribution in [-0.4, -0.2) is 35.4 Å². The molecular formula is C19H17F2N3O2. The monoisotopic (exact) mass is 357 g/mol. The second kappa shape index (κ2) is 6.84. The van der Waals surface area contributed by atoms with E-state index in [1.54, 1.807) is 18.2 Å². The summed E-state index contributed by atoms with van der Waals surface area (Å²) in [7, 11) is 0. The molecule has 4 rings (SSSR count). The lowest BCUT2D eigenvalue weighted by atomic mass is 10.0. The zero-order valence-corrected chi connectivity index (χ0v) is 13.9. The van der Waals surface area contributed by atoms with E-state index in [0.29, 0.717) is 29.7 Å². The molecule has 5 nitrogen and oxygen atoms in total. The third-order valence-corrected chi connectivity index (χ3v) is 4.60. The van der Waals surface area contributed by atoms with Crippen LogP contribution in [0.15, 0.2) is 36.4 Å². The normalized spacial score (nSPS) is 15.3. The van der Waals surface area contributed by atoms with Gasteiger partial charge in [-0.1, -0.05) is 18.2 Å². The van der Waals surface area contributed by atoms with Gasteiger partial charge in [-0.3, -0.25) is 9.89 Å². The van der Waals surface area contributed by atoms with Gasteiger partial charge in [0.05, 0.1) is 5.52 Å². The molecule has 0 saturated carbocycles. The standard InChI is InChI=1S/C19H17F2N3O2/c20-15-3-1-2-13(17(15)21)11-4-5-16-14(10-11)18(24-23-16)19(25)22-12-6-8-26-9-7-12/h1-5,10,12H,6-9H2,(H,22,25)(H,23,24). The van der Waals surface area contributed by atoms with Gasteiger partial charge in [0.15, 0.2) is 17.3 Å². The first-order valence-corrected chi connectivity index (χ1v) is 8.44. The summed E-state index contributed by atoms with van der Waals surface area (Å²) >= 11 is 0. The van der Waals surface area contributed by atoms with Gasteiger partial charge >= 0.3 is 0 Å². The molecule has 0 bridgehead atoms. The second-order valence-corrected chi connectivity index (χ2v) is 6.29. The molecule has 1 aliphatic rings. The molecule has 3 aromatic rings. The SMILES string of the molecule is O=C(NC1CCOCC1)c1n[nH]c2ccc(-c3cccc(F)c3F)cc12. The molecule has 26 heavy (non-hydrogen) atoms. The minimum absolute atomic E-state index is 0.0480. The van der Waals surface area contributed by atoms with Crippen molar-refractivity contribution in [3.8, 4) is 11.1 Å². The Bertz CT molecular complexity index is 965. The number of amides is 1. The zero-order chi connectivity index (χ0) is 18.1. The summed E-state index contributed by atoms with van der Waals surface area (Å²) in [5.74, 6) is -2.11. The second-order valence-electron chi connectivity index (χ2n) is 6.29. The lowest BCUT2D eigenvalue weighted by Gasteiger charge is -2.22. The quantitative estimate of drug-likeness (QED) is 0.755. The predicted molar refractivity (Wildman–Crippen MR) is 92.8 cm³/mol. The summed E-state index contributed by atoms with van der Waals surface area (Å²) in [6.07, 6.45) is 1.52. The zero-order valence-electron chi connectivity index (χ0n) is 13.9. The van der Waals surface area contributed by atoms with Gasteiger partial charge in [-0.25, -0.2) is 8.78 Å². The fourth-order valence-electron chi connectivity index (χ4n) is 3.18. The number of halogens is 2.